The highest BCUT2D eigenvalue weighted by molar-refractivity contribution is 7.09. The minimum atomic E-state index is 0.591. The van der Waals surface area contributed by atoms with Gasteiger partial charge in [-0.25, -0.2) is 9.97 Å². The lowest BCUT2D eigenvalue weighted by atomic mass is 10.2. The zero-order valence-electron chi connectivity index (χ0n) is 11.1. The molecule has 0 bridgehead atoms. The van der Waals surface area contributed by atoms with Gasteiger partial charge in [-0.05, 0) is 6.42 Å². The lowest BCUT2D eigenvalue weighted by Gasteiger charge is -2.01. The van der Waals surface area contributed by atoms with Crippen LogP contribution in [-0.4, -0.2) is 21.5 Å². The summed E-state index contributed by atoms with van der Waals surface area (Å²) >= 11 is 7.80. The van der Waals surface area contributed by atoms with Gasteiger partial charge in [-0.1, -0.05) is 24.9 Å². The number of aromatic amines is 1. The molecule has 0 saturated carbocycles. The van der Waals surface area contributed by atoms with Gasteiger partial charge in [-0.15, -0.1) is 11.3 Å². The first kappa shape index (κ1) is 14.5. The number of nitrogens with zero attached hydrogens (tertiary/aromatic N) is 2. The van der Waals surface area contributed by atoms with E-state index in [-0.39, 0.29) is 0 Å². The number of H-pyrrole nitrogens is 1. The van der Waals surface area contributed by atoms with E-state index in [4.69, 9.17) is 11.6 Å². The molecule has 0 aliphatic carbocycles. The van der Waals surface area contributed by atoms with Gasteiger partial charge in [0.15, 0.2) is 5.15 Å². The topological polar surface area (TPSA) is 53.6 Å². The van der Waals surface area contributed by atoms with Crippen LogP contribution >= 0.6 is 22.9 Å². The van der Waals surface area contributed by atoms with Crippen LogP contribution in [0, 0.1) is 0 Å². The molecule has 0 saturated heterocycles. The largest absolute Gasteiger partial charge is 0.344 e. The van der Waals surface area contributed by atoms with Crippen molar-refractivity contribution in [3.05, 3.63) is 33.3 Å². The normalized spacial score (nSPS) is 11.1. The van der Waals surface area contributed by atoms with Crippen LogP contribution in [0.25, 0.3) is 0 Å². The molecule has 2 rings (SSSR count). The Kier molecular flexibility index (Phi) is 5.82. The van der Waals surface area contributed by atoms with Gasteiger partial charge in [0, 0.05) is 37.5 Å². The van der Waals surface area contributed by atoms with Gasteiger partial charge in [0.2, 0.25) is 0 Å². The minimum absolute atomic E-state index is 0.591. The molecule has 104 valence electrons. The maximum absolute atomic E-state index is 6.11. The van der Waals surface area contributed by atoms with E-state index >= 15 is 0 Å². The van der Waals surface area contributed by atoms with E-state index in [0.29, 0.717) is 5.15 Å². The molecule has 2 aromatic rings. The molecule has 19 heavy (non-hydrogen) atoms. The number of aromatic nitrogens is 3. The molecule has 0 atom stereocenters. The van der Waals surface area contributed by atoms with Crippen LogP contribution in [0.2, 0.25) is 5.15 Å². The maximum atomic E-state index is 6.11. The van der Waals surface area contributed by atoms with Crippen molar-refractivity contribution in [2.24, 2.45) is 0 Å². The van der Waals surface area contributed by atoms with Crippen molar-refractivity contribution in [2.45, 2.75) is 39.2 Å². The predicted octanol–water partition coefficient (Wildman–Crippen LogP) is 3.19. The van der Waals surface area contributed by atoms with E-state index in [1.54, 1.807) is 11.3 Å². The van der Waals surface area contributed by atoms with Crippen molar-refractivity contribution < 1.29 is 0 Å². The molecule has 0 aliphatic rings. The summed E-state index contributed by atoms with van der Waals surface area (Å²) in [7, 11) is 0. The average Bonchev–Trinajstić information content (AvgIpc) is 3.02. The first-order valence-electron chi connectivity index (χ1n) is 6.62. The van der Waals surface area contributed by atoms with Gasteiger partial charge >= 0.3 is 0 Å². The Morgan fingerprint density at radius 1 is 1.42 bits per heavy atom. The standard InChI is InChI=1S/C13H19ClN4S/c1-2-3-4-11-17-10(13(14)18-11)9-15-6-5-12-16-7-8-19-12/h7-8,15H,2-6,9H2,1H3,(H,17,18). The number of aryl methyl sites for hydroxylation is 1. The number of rotatable bonds is 8. The highest BCUT2D eigenvalue weighted by Gasteiger charge is 2.07. The fourth-order valence-electron chi connectivity index (χ4n) is 1.80. The van der Waals surface area contributed by atoms with Gasteiger partial charge in [0.25, 0.3) is 0 Å². The van der Waals surface area contributed by atoms with E-state index in [2.05, 4.69) is 27.2 Å². The van der Waals surface area contributed by atoms with Crippen molar-refractivity contribution >= 4 is 22.9 Å². The van der Waals surface area contributed by atoms with Crippen molar-refractivity contribution in [2.75, 3.05) is 6.54 Å². The summed E-state index contributed by atoms with van der Waals surface area (Å²) in [5.74, 6) is 0.989. The quantitative estimate of drug-likeness (QED) is 0.736. The summed E-state index contributed by atoms with van der Waals surface area (Å²) in [4.78, 5) is 11.9. The fourth-order valence-corrected chi connectivity index (χ4v) is 2.64. The van der Waals surface area contributed by atoms with Gasteiger partial charge < -0.3 is 10.3 Å². The molecule has 2 aromatic heterocycles. The molecular formula is C13H19ClN4S. The summed E-state index contributed by atoms with van der Waals surface area (Å²) in [5, 5.41) is 7.11. The second-order valence-electron chi connectivity index (χ2n) is 4.41. The third-order valence-corrected chi connectivity index (χ3v) is 4.00. The minimum Gasteiger partial charge on any atom is -0.344 e. The number of hydrogen-bond acceptors (Lipinski definition) is 4. The van der Waals surface area contributed by atoms with Gasteiger partial charge in [-0.3, -0.25) is 0 Å². The summed E-state index contributed by atoms with van der Waals surface area (Å²) in [6, 6.07) is 0. The first-order valence-corrected chi connectivity index (χ1v) is 7.87. The molecule has 0 fully saturated rings. The van der Waals surface area contributed by atoms with Crippen LogP contribution in [0.3, 0.4) is 0 Å². The molecule has 0 unspecified atom stereocenters. The Balaban J connectivity index is 1.74. The monoisotopic (exact) mass is 298 g/mol. The van der Waals surface area contributed by atoms with E-state index in [9.17, 15) is 0 Å². The Bertz CT molecular complexity index is 481. The number of hydrogen-bond donors (Lipinski definition) is 2. The van der Waals surface area contributed by atoms with E-state index < -0.39 is 0 Å². The van der Waals surface area contributed by atoms with Crippen molar-refractivity contribution in [1.29, 1.82) is 0 Å². The molecule has 0 amide bonds. The number of halogens is 1. The third-order valence-electron chi connectivity index (χ3n) is 2.85. The van der Waals surface area contributed by atoms with Crippen LogP contribution in [0.4, 0.5) is 0 Å². The van der Waals surface area contributed by atoms with Crippen LogP contribution in [-0.2, 0) is 19.4 Å². The zero-order valence-corrected chi connectivity index (χ0v) is 12.7. The Hall–Kier alpha value is -0.910. The van der Waals surface area contributed by atoms with Crippen LogP contribution < -0.4 is 5.32 Å². The molecular weight excluding hydrogens is 280 g/mol. The Morgan fingerprint density at radius 2 is 2.32 bits per heavy atom. The lowest BCUT2D eigenvalue weighted by molar-refractivity contribution is 0.672. The zero-order chi connectivity index (χ0) is 13.5. The van der Waals surface area contributed by atoms with Crippen molar-refractivity contribution in [3.8, 4) is 0 Å². The summed E-state index contributed by atoms with van der Waals surface area (Å²) in [5.41, 5.74) is 0.979. The summed E-state index contributed by atoms with van der Waals surface area (Å²) in [6.07, 6.45) is 6.06. The average molecular weight is 299 g/mol. The maximum Gasteiger partial charge on any atom is 0.151 e. The number of thiazole rings is 1. The van der Waals surface area contributed by atoms with Gasteiger partial charge in [0.1, 0.15) is 5.82 Å². The first-order chi connectivity index (χ1) is 9.29. The van der Waals surface area contributed by atoms with E-state index in [0.717, 1.165) is 48.9 Å². The Morgan fingerprint density at radius 3 is 3.05 bits per heavy atom. The number of unbranched alkanes of at least 4 members (excludes halogenated alkanes) is 1. The molecule has 0 spiro atoms. The highest BCUT2D eigenvalue weighted by atomic mass is 35.5. The van der Waals surface area contributed by atoms with Crippen LogP contribution in [0.5, 0.6) is 0 Å². The molecule has 2 N–H and O–H groups in total. The SMILES string of the molecule is CCCCc1nc(Cl)c(CNCCc2nccs2)[nH]1. The van der Waals surface area contributed by atoms with E-state index in [1.165, 1.54) is 6.42 Å². The summed E-state index contributed by atoms with van der Waals surface area (Å²) in [6.45, 7) is 3.79. The predicted molar refractivity (Wildman–Crippen MR) is 79.7 cm³/mol. The second kappa shape index (κ2) is 7.62. The highest BCUT2D eigenvalue weighted by Crippen LogP contribution is 2.14. The van der Waals surface area contributed by atoms with Gasteiger partial charge in [0.05, 0.1) is 10.7 Å². The van der Waals surface area contributed by atoms with Crippen molar-refractivity contribution in [1.82, 2.24) is 20.3 Å². The van der Waals surface area contributed by atoms with E-state index in [1.807, 2.05) is 11.6 Å². The second-order valence-corrected chi connectivity index (χ2v) is 5.75. The third kappa shape index (κ3) is 4.60. The van der Waals surface area contributed by atoms with Crippen LogP contribution in [0.1, 0.15) is 36.3 Å². The molecule has 0 aromatic carbocycles. The van der Waals surface area contributed by atoms with Crippen molar-refractivity contribution in [3.63, 3.8) is 0 Å². The molecule has 4 nitrogen and oxygen atoms in total. The molecule has 0 aliphatic heterocycles. The molecule has 2 heterocycles. The molecule has 6 heteroatoms. The molecule has 0 radical (unpaired) electrons. The lowest BCUT2D eigenvalue weighted by Crippen LogP contribution is -2.17. The number of nitrogens with one attached hydrogen (secondary N) is 2. The fraction of sp³-hybridized carbons (Fsp3) is 0.538. The van der Waals surface area contributed by atoms with Gasteiger partial charge in [-0.2, -0.15) is 0 Å². The Labute approximate surface area is 122 Å². The number of imidazole rings is 1. The summed E-state index contributed by atoms with van der Waals surface area (Å²) < 4.78 is 0. The van der Waals surface area contributed by atoms with Crippen LogP contribution in [0.15, 0.2) is 11.6 Å². The smallest absolute Gasteiger partial charge is 0.151 e.